The number of hydrogen-bond donors (Lipinski definition) is 2. The van der Waals surface area contributed by atoms with Gasteiger partial charge >= 0.3 is 0 Å². The summed E-state index contributed by atoms with van der Waals surface area (Å²) in [6.07, 6.45) is 4.50. The van der Waals surface area contributed by atoms with Crippen molar-refractivity contribution < 1.29 is 5.11 Å². The molecule has 2 N–H and O–H groups in total. The van der Waals surface area contributed by atoms with Crippen LogP contribution < -0.4 is 5.32 Å². The number of rotatable bonds is 3. The third-order valence-corrected chi connectivity index (χ3v) is 3.34. The molecule has 0 radical (unpaired) electrons. The van der Waals surface area contributed by atoms with E-state index in [1.165, 1.54) is 12.8 Å². The van der Waals surface area contributed by atoms with E-state index in [9.17, 15) is 5.11 Å². The first-order valence-corrected chi connectivity index (χ1v) is 6.08. The van der Waals surface area contributed by atoms with Gasteiger partial charge in [-0.25, -0.2) is 4.98 Å². The molecule has 4 heteroatoms. The van der Waals surface area contributed by atoms with Crippen LogP contribution in [-0.2, 0) is 0 Å². The molecule has 0 aliphatic heterocycles. The van der Waals surface area contributed by atoms with Gasteiger partial charge in [-0.1, -0.05) is 18.9 Å². The number of aliphatic hydroxyl groups is 1. The molecule has 1 aliphatic carbocycles. The van der Waals surface area contributed by atoms with Crippen molar-refractivity contribution in [2.24, 2.45) is 5.92 Å². The molecule has 0 aromatic carbocycles. The Morgan fingerprint density at radius 1 is 1.41 bits per heavy atom. The van der Waals surface area contributed by atoms with E-state index in [-0.39, 0.29) is 12.6 Å². The fourth-order valence-corrected chi connectivity index (χ4v) is 2.38. The van der Waals surface area contributed by atoms with Crippen molar-refractivity contribution in [1.82, 2.24) is 4.98 Å². The first kappa shape index (κ1) is 11.9. The van der Waals surface area contributed by atoms with Crippen molar-refractivity contribution in [2.45, 2.75) is 31.7 Å². The fourth-order valence-electron chi connectivity index (χ4n) is 2.38. The number of pyridine rings is 1. The molecule has 1 fully saturated rings. The fraction of sp³-hybridized carbons (Fsp3) is 0.538. The molecule has 1 aliphatic rings. The van der Waals surface area contributed by atoms with Crippen LogP contribution in [0.25, 0.3) is 0 Å². The van der Waals surface area contributed by atoms with Crippen LogP contribution in [0.2, 0.25) is 0 Å². The molecule has 1 heterocycles. The van der Waals surface area contributed by atoms with E-state index in [0.29, 0.717) is 11.6 Å². The molecule has 0 bridgehead atoms. The van der Waals surface area contributed by atoms with Gasteiger partial charge in [0.25, 0.3) is 0 Å². The van der Waals surface area contributed by atoms with Crippen LogP contribution >= 0.6 is 0 Å². The molecule has 1 saturated carbocycles. The molecule has 2 atom stereocenters. The normalized spacial score (nSPS) is 24.0. The lowest BCUT2D eigenvalue weighted by molar-refractivity contribution is 0.178. The van der Waals surface area contributed by atoms with E-state index in [4.69, 9.17) is 5.26 Å². The van der Waals surface area contributed by atoms with Gasteiger partial charge in [-0.05, 0) is 25.0 Å². The minimum Gasteiger partial charge on any atom is -0.396 e. The summed E-state index contributed by atoms with van der Waals surface area (Å²) < 4.78 is 0. The molecule has 0 saturated heterocycles. The lowest BCUT2D eigenvalue weighted by Gasteiger charge is -2.31. The number of aromatic nitrogens is 1. The van der Waals surface area contributed by atoms with Crippen LogP contribution in [0.15, 0.2) is 18.2 Å². The zero-order valence-corrected chi connectivity index (χ0v) is 9.76. The Morgan fingerprint density at radius 2 is 2.24 bits per heavy atom. The van der Waals surface area contributed by atoms with Crippen molar-refractivity contribution in [1.29, 1.82) is 5.26 Å². The Morgan fingerprint density at radius 3 is 3.00 bits per heavy atom. The predicted molar refractivity (Wildman–Crippen MR) is 65.4 cm³/mol. The lowest BCUT2D eigenvalue weighted by Crippen LogP contribution is -2.34. The van der Waals surface area contributed by atoms with Crippen molar-refractivity contribution in [3.8, 4) is 6.07 Å². The lowest BCUT2D eigenvalue weighted by atomic mass is 9.85. The van der Waals surface area contributed by atoms with Crippen molar-refractivity contribution in [3.63, 3.8) is 0 Å². The van der Waals surface area contributed by atoms with Gasteiger partial charge in [0.05, 0.1) is 0 Å². The van der Waals surface area contributed by atoms with Gasteiger partial charge in [0.15, 0.2) is 0 Å². The zero-order chi connectivity index (χ0) is 12.1. The average Bonchev–Trinajstić information content (AvgIpc) is 2.39. The zero-order valence-electron chi connectivity index (χ0n) is 9.76. The van der Waals surface area contributed by atoms with Crippen LogP contribution in [0.1, 0.15) is 31.4 Å². The van der Waals surface area contributed by atoms with Crippen molar-refractivity contribution >= 4 is 5.82 Å². The Kier molecular flexibility index (Phi) is 3.94. The quantitative estimate of drug-likeness (QED) is 0.833. The Balaban J connectivity index is 2.06. The van der Waals surface area contributed by atoms with E-state index >= 15 is 0 Å². The SMILES string of the molecule is N#Cc1cccc(NC2CCCCC2CO)n1. The third-order valence-electron chi connectivity index (χ3n) is 3.34. The van der Waals surface area contributed by atoms with E-state index in [2.05, 4.69) is 10.3 Å². The van der Waals surface area contributed by atoms with Crippen LogP contribution in [0.5, 0.6) is 0 Å². The second kappa shape index (κ2) is 5.65. The maximum atomic E-state index is 9.33. The molecular formula is C13H17N3O. The largest absolute Gasteiger partial charge is 0.396 e. The van der Waals surface area contributed by atoms with Crippen LogP contribution in [0.4, 0.5) is 5.82 Å². The van der Waals surface area contributed by atoms with Gasteiger partial charge in [0.1, 0.15) is 17.6 Å². The highest BCUT2D eigenvalue weighted by atomic mass is 16.3. The number of nitrogens with one attached hydrogen (secondary N) is 1. The van der Waals surface area contributed by atoms with E-state index in [1.807, 2.05) is 18.2 Å². The summed E-state index contributed by atoms with van der Waals surface area (Å²) in [4.78, 5) is 4.20. The highest BCUT2D eigenvalue weighted by Gasteiger charge is 2.24. The molecule has 90 valence electrons. The van der Waals surface area contributed by atoms with Gasteiger partial charge in [0, 0.05) is 18.6 Å². The van der Waals surface area contributed by atoms with Crippen LogP contribution in [0, 0.1) is 17.2 Å². The second-order valence-corrected chi connectivity index (χ2v) is 4.50. The summed E-state index contributed by atoms with van der Waals surface area (Å²) in [5.74, 6) is 1.03. The summed E-state index contributed by atoms with van der Waals surface area (Å²) in [6.45, 7) is 0.218. The van der Waals surface area contributed by atoms with E-state index in [1.54, 1.807) is 6.07 Å². The Bertz CT molecular complexity index is 413. The molecular weight excluding hydrogens is 214 g/mol. The number of anilines is 1. The number of nitriles is 1. The molecule has 0 amide bonds. The van der Waals surface area contributed by atoms with Crippen LogP contribution in [-0.4, -0.2) is 22.7 Å². The summed E-state index contributed by atoms with van der Waals surface area (Å²) >= 11 is 0. The number of nitrogens with zero attached hydrogens (tertiary/aromatic N) is 2. The topological polar surface area (TPSA) is 68.9 Å². The van der Waals surface area contributed by atoms with Crippen LogP contribution in [0.3, 0.4) is 0 Å². The smallest absolute Gasteiger partial charge is 0.142 e. The Hall–Kier alpha value is -1.60. The maximum absolute atomic E-state index is 9.33. The standard InChI is InChI=1S/C13H17N3O/c14-8-11-5-3-7-13(15-11)16-12-6-2-1-4-10(12)9-17/h3,5,7,10,12,17H,1-2,4,6,9H2,(H,15,16). The van der Waals surface area contributed by atoms with Gasteiger partial charge in [-0.3, -0.25) is 0 Å². The summed E-state index contributed by atoms with van der Waals surface area (Å²) in [6, 6.07) is 7.68. The van der Waals surface area contributed by atoms with E-state index in [0.717, 1.165) is 18.7 Å². The highest BCUT2D eigenvalue weighted by Crippen LogP contribution is 2.26. The summed E-state index contributed by atoms with van der Waals surface area (Å²) in [5, 5.41) is 21.4. The van der Waals surface area contributed by atoms with Crippen molar-refractivity contribution in [2.75, 3.05) is 11.9 Å². The molecule has 17 heavy (non-hydrogen) atoms. The Labute approximate surface area is 101 Å². The minimum atomic E-state index is 0.218. The first-order chi connectivity index (χ1) is 8.33. The first-order valence-electron chi connectivity index (χ1n) is 6.08. The van der Waals surface area contributed by atoms with Gasteiger partial charge < -0.3 is 10.4 Å². The van der Waals surface area contributed by atoms with Gasteiger partial charge in [-0.2, -0.15) is 5.26 Å². The molecule has 4 nitrogen and oxygen atoms in total. The molecule has 2 rings (SSSR count). The monoisotopic (exact) mass is 231 g/mol. The van der Waals surface area contributed by atoms with E-state index < -0.39 is 0 Å². The molecule has 1 aromatic rings. The third kappa shape index (κ3) is 2.95. The van der Waals surface area contributed by atoms with Crippen molar-refractivity contribution in [3.05, 3.63) is 23.9 Å². The maximum Gasteiger partial charge on any atom is 0.142 e. The minimum absolute atomic E-state index is 0.218. The summed E-state index contributed by atoms with van der Waals surface area (Å²) in [7, 11) is 0. The van der Waals surface area contributed by atoms with Gasteiger partial charge in [0.2, 0.25) is 0 Å². The predicted octanol–water partition coefficient (Wildman–Crippen LogP) is 1.92. The second-order valence-electron chi connectivity index (χ2n) is 4.50. The highest BCUT2D eigenvalue weighted by molar-refractivity contribution is 5.39. The summed E-state index contributed by atoms with van der Waals surface area (Å²) in [5.41, 5.74) is 0.423. The average molecular weight is 231 g/mol. The molecule has 2 unspecified atom stereocenters. The number of hydrogen-bond acceptors (Lipinski definition) is 4. The molecule has 0 spiro atoms. The van der Waals surface area contributed by atoms with Gasteiger partial charge in [-0.15, -0.1) is 0 Å². The number of aliphatic hydroxyl groups excluding tert-OH is 1. The molecule has 1 aromatic heterocycles.